The summed E-state index contributed by atoms with van der Waals surface area (Å²) in [5.74, 6) is 0.0283. The van der Waals surface area contributed by atoms with Crippen LogP contribution < -0.4 is 0 Å². The van der Waals surface area contributed by atoms with Crippen LogP contribution in [0.2, 0.25) is 0 Å². The van der Waals surface area contributed by atoms with Crippen molar-refractivity contribution < 1.29 is 14.0 Å². The number of carbonyl (C=O) groups excluding carboxylic acids is 2. The number of carbonyl (C=O) groups is 2. The van der Waals surface area contributed by atoms with E-state index in [0.29, 0.717) is 37.6 Å². The molecule has 0 radical (unpaired) electrons. The van der Waals surface area contributed by atoms with Gasteiger partial charge in [-0.05, 0) is 23.3 Å². The van der Waals surface area contributed by atoms with Gasteiger partial charge in [0.15, 0.2) is 0 Å². The molecular weight excluding hydrogens is 356 g/mol. The van der Waals surface area contributed by atoms with Gasteiger partial charge in [-0.3, -0.25) is 9.59 Å². The lowest BCUT2D eigenvalue weighted by atomic mass is 10.0. The van der Waals surface area contributed by atoms with E-state index >= 15 is 0 Å². The van der Waals surface area contributed by atoms with Gasteiger partial charge in [0.1, 0.15) is 0 Å². The first-order chi connectivity index (χ1) is 13.6. The Morgan fingerprint density at radius 1 is 0.821 bits per heavy atom. The van der Waals surface area contributed by atoms with Crippen molar-refractivity contribution >= 4 is 11.8 Å². The normalized spacial score (nSPS) is 14.2. The number of hydrogen-bond acceptors (Lipinski definition) is 5. The Morgan fingerprint density at radius 3 is 2.11 bits per heavy atom. The standard InChI is InChI=1S/C21H20N4O3/c1-15-22-23-19(28-15)21(27)25-12-10-24(11-13-25)20(26)18-9-5-8-17(14-18)16-6-3-2-4-7-16/h2-9,14H,10-13H2,1H3. The lowest BCUT2D eigenvalue weighted by Gasteiger charge is -2.34. The number of amides is 2. The van der Waals surface area contributed by atoms with Crippen LogP contribution >= 0.6 is 0 Å². The second kappa shape index (κ2) is 7.64. The predicted octanol–water partition coefficient (Wildman–Crippen LogP) is 2.64. The summed E-state index contributed by atoms with van der Waals surface area (Å²) in [6.07, 6.45) is 0. The maximum Gasteiger partial charge on any atom is 0.311 e. The highest BCUT2D eigenvalue weighted by Gasteiger charge is 2.28. The molecule has 1 aliphatic heterocycles. The molecular formula is C21H20N4O3. The Labute approximate surface area is 162 Å². The fourth-order valence-corrected chi connectivity index (χ4v) is 3.28. The van der Waals surface area contributed by atoms with Crippen LogP contribution in [0.5, 0.6) is 0 Å². The zero-order chi connectivity index (χ0) is 19.5. The van der Waals surface area contributed by atoms with E-state index < -0.39 is 0 Å². The number of aromatic nitrogens is 2. The van der Waals surface area contributed by atoms with Crippen LogP contribution in [0, 0.1) is 6.92 Å². The fraction of sp³-hybridized carbons (Fsp3) is 0.238. The summed E-state index contributed by atoms with van der Waals surface area (Å²) in [5.41, 5.74) is 2.73. The van der Waals surface area contributed by atoms with Crippen molar-refractivity contribution in [2.45, 2.75) is 6.92 Å². The van der Waals surface area contributed by atoms with Gasteiger partial charge < -0.3 is 14.2 Å². The predicted molar refractivity (Wildman–Crippen MR) is 103 cm³/mol. The molecule has 3 aromatic rings. The van der Waals surface area contributed by atoms with Crippen LogP contribution in [-0.2, 0) is 0 Å². The topological polar surface area (TPSA) is 79.5 Å². The molecule has 7 nitrogen and oxygen atoms in total. The van der Waals surface area contributed by atoms with Crippen molar-refractivity contribution in [1.82, 2.24) is 20.0 Å². The second-order valence-electron chi connectivity index (χ2n) is 6.66. The van der Waals surface area contributed by atoms with Gasteiger partial charge in [0.25, 0.3) is 5.91 Å². The van der Waals surface area contributed by atoms with Gasteiger partial charge in [-0.15, -0.1) is 10.2 Å². The molecule has 4 rings (SSSR count). The maximum atomic E-state index is 12.9. The highest BCUT2D eigenvalue weighted by molar-refractivity contribution is 5.96. The van der Waals surface area contributed by atoms with E-state index in [-0.39, 0.29) is 17.7 Å². The molecule has 1 fully saturated rings. The third-order valence-corrected chi connectivity index (χ3v) is 4.78. The zero-order valence-corrected chi connectivity index (χ0v) is 15.5. The third-order valence-electron chi connectivity index (χ3n) is 4.78. The molecule has 0 saturated carbocycles. The number of aryl methyl sites for hydroxylation is 1. The lowest BCUT2D eigenvalue weighted by molar-refractivity contribution is 0.0513. The molecule has 142 valence electrons. The quantitative estimate of drug-likeness (QED) is 0.702. The molecule has 0 N–H and O–H groups in total. The maximum absolute atomic E-state index is 12.9. The van der Waals surface area contributed by atoms with Crippen LogP contribution in [0.15, 0.2) is 59.0 Å². The van der Waals surface area contributed by atoms with Gasteiger partial charge in [0.05, 0.1) is 0 Å². The first-order valence-corrected chi connectivity index (χ1v) is 9.16. The van der Waals surface area contributed by atoms with Gasteiger partial charge >= 0.3 is 11.8 Å². The first-order valence-electron chi connectivity index (χ1n) is 9.16. The van der Waals surface area contributed by atoms with E-state index in [9.17, 15) is 9.59 Å². The van der Waals surface area contributed by atoms with Crippen molar-refractivity contribution in [2.75, 3.05) is 26.2 Å². The smallest absolute Gasteiger partial charge is 0.311 e. The van der Waals surface area contributed by atoms with E-state index in [1.54, 1.807) is 16.7 Å². The zero-order valence-electron chi connectivity index (χ0n) is 15.5. The average Bonchev–Trinajstić information content (AvgIpc) is 3.20. The summed E-state index contributed by atoms with van der Waals surface area (Å²) < 4.78 is 5.20. The van der Waals surface area contributed by atoms with Crippen LogP contribution in [0.25, 0.3) is 11.1 Å². The van der Waals surface area contributed by atoms with Crippen LogP contribution in [-0.4, -0.2) is 58.0 Å². The van der Waals surface area contributed by atoms with Crippen molar-refractivity contribution in [3.05, 3.63) is 71.9 Å². The molecule has 0 aliphatic carbocycles. The van der Waals surface area contributed by atoms with E-state index in [4.69, 9.17) is 4.42 Å². The van der Waals surface area contributed by atoms with E-state index in [1.165, 1.54) is 0 Å². The first kappa shape index (κ1) is 17.9. The highest BCUT2D eigenvalue weighted by Crippen LogP contribution is 2.21. The minimum absolute atomic E-state index is 0.00663. The molecule has 1 aliphatic rings. The summed E-state index contributed by atoms with van der Waals surface area (Å²) in [4.78, 5) is 28.7. The number of piperazine rings is 1. The number of hydrogen-bond donors (Lipinski definition) is 0. The fourth-order valence-electron chi connectivity index (χ4n) is 3.28. The summed E-state index contributed by atoms with van der Waals surface area (Å²) in [6, 6.07) is 17.6. The lowest BCUT2D eigenvalue weighted by Crippen LogP contribution is -2.50. The van der Waals surface area contributed by atoms with E-state index in [1.807, 2.05) is 54.6 Å². The Hall–Kier alpha value is -3.48. The molecule has 1 saturated heterocycles. The number of rotatable bonds is 3. The molecule has 2 amide bonds. The third kappa shape index (κ3) is 3.64. The Kier molecular flexibility index (Phi) is 4.89. The van der Waals surface area contributed by atoms with Gasteiger partial charge in [-0.1, -0.05) is 42.5 Å². The van der Waals surface area contributed by atoms with Crippen molar-refractivity contribution in [3.63, 3.8) is 0 Å². The Morgan fingerprint density at radius 2 is 1.46 bits per heavy atom. The Bertz CT molecular complexity index is 992. The van der Waals surface area contributed by atoms with Gasteiger partial charge in [-0.25, -0.2) is 0 Å². The molecule has 0 unspecified atom stereocenters. The average molecular weight is 376 g/mol. The monoisotopic (exact) mass is 376 g/mol. The molecule has 0 bridgehead atoms. The number of benzene rings is 2. The SMILES string of the molecule is Cc1nnc(C(=O)N2CCN(C(=O)c3cccc(-c4ccccc4)c3)CC2)o1. The molecule has 7 heteroatoms. The highest BCUT2D eigenvalue weighted by atomic mass is 16.4. The van der Waals surface area contributed by atoms with E-state index in [2.05, 4.69) is 10.2 Å². The van der Waals surface area contributed by atoms with Crippen LogP contribution in [0.3, 0.4) is 0 Å². The molecule has 0 atom stereocenters. The minimum Gasteiger partial charge on any atom is -0.417 e. The van der Waals surface area contributed by atoms with Crippen LogP contribution in [0.4, 0.5) is 0 Å². The summed E-state index contributed by atoms with van der Waals surface area (Å²) in [7, 11) is 0. The van der Waals surface area contributed by atoms with E-state index in [0.717, 1.165) is 11.1 Å². The van der Waals surface area contributed by atoms with Gasteiger partial charge in [0.2, 0.25) is 5.89 Å². The molecule has 2 heterocycles. The summed E-state index contributed by atoms with van der Waals surface area (Å²) >= 11 is 0. The summed E-state index contributed by atoms with van der Waals surface area (Å²) in [5, 5.41) is 7.46. The summed E-state index contributed by atoms with van der Waals surface area (Å²) in [6.45, 7) is 3.44. The largest absolute Gasteiger partial charge is 0.417 e. The Balaban J connectivity index is 1.42. The van der Waals surface area contributed by atoms with Gasteiger partial charge in [-0.2, -0.15) is 0 Å². The number of nitrogens with zero attached hydrogens (tertiary/aromatic N) is 4. The molecule has 0 spiro atoms. The molecule has 2 aromatic carbocycles. The van der Waals surface area contributed by atoms with Crippen molar-refractivity contribution in [1.29, 1.82) is 0 Å². The van der Waals surface area contributed by atoms with Gasteiger partial charge in [0, 0.05) is 38.7 Å². The van der Waals surface area contributed by atoms with Crippen molar-refractivity contribution in [2.24, 2.45) is 0 Å². The van der Waals surface area contributed by atoms with Crippen molar-refractivity contribution in [3.8, 4) is 11.1 Å². The minimum atomic E-state index is -0.293. The molecule has 28 heavy (non-hydrogen) atoms. The van der Waals surface area contributed by atoms with Crippen LogP contribution in [0.1, 0.15) is 26.9 Å². The molecule has 1 aromatic heterocycles. The second-order valence-corrected chi connectivity index (χ2v) is 6.66.